The molecule has 0 aliphatic carbocycles. The molecule has 1 N–H and O–H groups in total. The highest BCUT2D eigenvalue weighted by Crippen LogP contribution is 2.20. The molecule has 0 atom stereocenters. The normalized spacial score (nSPS) is 15.9. The second-order valence-corrected chi connectivity index (χ2v) is 5.70. The number of aromatic nitrogens is 2. The Hall–Kier alpha value is -2.28. The Bertz CT molecular complexity index is 717. The average Bonchev–Trinajstić information content (AvgIpc) is 2.89. The highest BCUT2D eigenvalue weighted by atomic mass is 19.1. The molecule has 0 unspecified atom stereocenters. The minimum Gasteiger partial charge on any atom is -0.393 e. The van der Waals surface area contributed by atoms with Crippen LogP contribution in [-0.4, -0.2) is 44.9 Å². The van der Waals surface area contributed by atoms with Crippen molar-refractivity contribution in [1.82, 2.24) is 14.7 Å². The Morgan fingerprint density at radius 1 is 1.26 bits per heavy atom. The van der Waals surface area contributed by atoms with Gasteiger partial charge in [-0.25, -0.2) is 13.5 Å². The van der Waals surface area contributed by atoms with E-state index in [1.54, 1.807) is 11.8 Å². The number of likely N-dealkylation sites (tertiary alicyclic amines) is 1. The zero-order chi connectivity index (χ0) is 16.6. The van der Waals surface area contributed by atoms with Crippen LogP contribution in [-0.2, 0) is 0 Å². The molecule has 0 saturated carbocycles. The van der Waals surface area contributed by atoms with E-state index < -0.39 is 11.6 Å². The number of hydrogen-bond acceptors (Lipinski definition) is 3. The zero-order valence-corrected chi connectivity index (χ0v) is 12.7. The van der Waals surface area contributed by atoms with Crippen molar-refractivity contribution in [1.29, 1.82) is 0 Å². The number of carbonyl (C=O) groups is 1. The van der Waals surface area contributed by atoms with Gasteiger partial charge >= 0.3 is 0 Å². The van der Waals surface area contributed by atoms with E-state index in [9.17, 15) is 18.7 Å². The van der Waals surface area contributed by atoms with Gasteiger partial charge in [-0.1, -0.05) is 6.07 Å². The van der Waals surface area contributed by atoms with Gasteiger partial charge in [0.25, 0.3) is 5.91 Å². The van der Waals surface area contributed by atoms with E-state index in [0.717, 1.165) is 16.8 Å². The maximum Gasteiger partial charge on any atom is 0.274 e. The number of benzene rings is 1. The third-order valence-electron chi connectivity index (χ3n) is 4.02. The number of carbonyl (C=O) groups excluding carboxylic acids is 1. The third kappa shape index (κ3) is 2.96. The third-order valence-corrected chi connectivity index (χ3v) is 4.02. The molecule has 2 aromatic rings. The number of para-hydroxylation sites is 1. The monoisotopic (exact) mass is 321 g/mol. The fourth-order valence-corrected chi connectivity index (χ4v) is 2.71. The van der Waals surface area contributed by atoms with Crippen LogP contribution in [0.4, 0.5) is 8.78 Å². The molecule has 2 heterocycles. The number of aryl methyl sites for hydroxylation is 1. The summed E-state index contributed by atoms with van der Waals surface area (Å²) in [5, 5.41) is 13.6. The van der Waals surface area contributed by atoms with Crippen molar-refractivity contribution in [3.05, 3.63) is 47.3 Å². The molecule has 1 aliphatic rings. The van der Waals surface area contributed by atoms with Gasteiger partial charge < -0.3 is 10.0 Å². The smallest absolute Gasteiger partial charge is 0.274 e. The number of rotatable bonds is 2. The molecule has 1 aliphatic heterocycles. The van der Waals surface area contributed by atoms with Crippen LogP contribution >= 0.6 is 0 Å². The topological polar surface area (TPSA) is 58.4 Å². The predicted octanol–water partition coefficient (Wildman–Crippen LogP) is 2.06. The van der Waals surface area contributed by atoms with Crippen LogP contribution in [0.15, 0.2) is 24.4 Å². The summed E-state index contributed by atoms with van der Waals surface area (Å²) in [5.41, 5.74) is 0.413. The molecule has 0 spiro atoms. The Morgan fingerprint density at radius 2 is 1.87 bits per heavy atom. The first kappa shape index (κ1) is 15.6. The van der Waals surface area contributed by atoms with E-state index in [-0.39, 0.29) is 23.4 Å². The summed E-state index contributed by atoms with van der Waals surface area (Å²) < 4.78 is 28.8. The molecule has 1 amide bonds. The lowest BCUT2D eigenvalue weighted by molar-refractivity contribution is 0.0540. The second kappa shape index (κ2) is 6.08. The Balaban J connectivity index is 1.91. The van der Waals surface area contributed by atoms with Crippen molar-refractivity contribution < 1.29 is 18.7 Å². The zero-order valence-electron chi connectivity index (χ0n) is 12.7. The minimum atomic E-state index is -0.743. The molecule has 7 heteroatoms. The van der Waals surface area contributed by atoms with Gasteiger partial charge in [0.1, 0.15) is 5.69 Å². The fourth-order valence-electron chi connectivity index (χ4n) is 2.71. The number of aliphatic hydroxyl groups is 1. The lowest BCUT2D eigenvalue weighted by atomic mass is 10.1. The van der Waals surface area contributed by atoms with Crippen LogP contribution in [0.3, 0.4) is 0 Å². The van der Waals surface area contributed by atoms with Crippen LogP contribution in [0.1, 0.15) is 28.9 Å². The molecule has 23 heavy (non-hydrogen) atoms. The summed E-state index contributed by atoms with van der Waals surface area (Å²) in [6, 6.07) is 3.56. The van der Waals surface area contributed by atoms with Crippen molar-refractivity contribution in [3.63, 3.8) is 0 Å². The molecule has 1 fully saturated rings. The van der Waals surface area contributed by atoms with Gasteiger partial charge in [-0.15, -0.1) is 0 Å². The molecule has 0 bridgehead atoms. The average molecular weight is 321 g/mol. The van der Waals surface area contributed by atoms with Gasteiger partial charge in [-0.05, 0) is 31.9 Å². The molecular weight excluding hydrogens is 304 g/mol. The number of aliphatic hydroxyl groups excluding tert-OH is 1. The van der Waals surface area contributed by atoms with Gasteiger partial charge in [0.05, 0.1) is 6.10 Å². The fraction of sp³-hybridized carbons (Fsp3) is 0.375. The van der Waals surface area contributed by atoms with E-state index in [1.165, 1.54) is 12.3 Å². The lowest BCUT2D eigenvalue weighted by Gasteiger charge is -2.29. The summed E-state index contributed by atoms with van der Waals surface area (Å²) in [5.74, 6) is -1.77. The Morgan fingerprint density at radius 3 is 2.48 bits per heavy atom. The maximum absolute atomic E-state index is 13.9. The summed E-state index contributed by atoms with van der Waals surface area (Å²) >= 11 is 0. The van der Waals surface area contributed by atoms with E-state index >= 15 is 0 Å². The molecule has 3 rings (SSSR count). The van der Waals surface area contributed by atoms with Crippen molar-refractivity contribution >= 4 is 5.91 Å². The first-order chi connectivity index (χ1) is 11.0. The molecule has 122 valence electrons. The van der Waals surface area contributed by atoms with E-state index in [2.05, 4.69) is 5.10 Å². The molecule has 1 aromatic heterocycles. The maximum atomic E-state index is 13.9. The highest BCUT2D eigenvalue weighted by molar-refractivity contribution is 5.93. The van der Waals surface area contributed by atoms with Crippen LogP contribution in [0.5, 0.6) is 0 Å². The minimum absolute atomic E-state index is 0.170. The van der Waals surface area contributed by atoms with Gasteiger partial charge in [0, 0.05) is 24.8 Å². The first-order valence-corrected chi connectivity index (χ1v) is 7.45. The number of halogens is 2. The van der Waals surface area contributed by atoms with Crippen LogP contribution in [0.25, 0.3) is 5.69 Å². The summed E-state index contributed by atoms with van der Waals surface area (Å²) in [7, 11) is 0. The highest BCUT2D eigenvalue weighted by Gasteiger charge is 2.26. The van der Waals surface area contributed by atoms with Crippen LogP contribution < -0.4 is 0 Å². The Labute approximate surface area is 132 Å². The number of amides is 1. The predicted molar refractivity (Wildman–Crippen MR) is 79.4 cm³/mol. The SMILES string of the molecule is Cc1cn(-c2c(F)cccc2F)nc1C(=O)N1CCC(O)CC1. The Kier molecular flexibility index (Phi) is 4.12. The van der Waals surface area contributed by atoms with Gasteiger partial charge in [-0.2, -0.15) is 5.10 Å². The lowest BCUT2D eigenvalue weighted by Crippen LogP contribution is -2.40. The van der Waals surface area contributed by atoms with E-state index in [0.29, 0.717) is 31.5 Å². The van der Waals surface area contributed by atoms with Crippen molar-refractivity contribution in [2.24, 2.45) is 0 Å². The quantitative estimate of drug-likeness (QED) is 0.921. The molecule has 1 aromatic carbocycles. The molecule has 5 nitrogen and oxygen atoms in total. The molecule has 1 saturated heterocycles. The van der Waals surface area contributed by atoms with Gasteiger partial charge in [0.15, 0.2) is 17.3 Å². The second-order valence-electron chi connectivity index (χ2n) is 5.70. The van der Waals surface area contributed by atoms with Crippen molar-refractivity contribution in [2.45, 2.75) is 25.9 Å². The standard InChI is InChI=1S/C16H17F2N3O2/c1-10-9-21(15-12(17)3-2-4-13(15)18)19-14(10)16(23)20-7-5-11(22)6-8-20/h2-4,9,11,22H,5-8H2,1H3. The summed E-state index contributed by atoms with van der Waals surface area (Å²) in [4.78, 5) is 14.1. The van der Waals surface area contributed by atoms with E-state index in [4.69, 9.17) is 0 Å². The van der Waals surface area contributed by atoms with Crippen LogP contribution in [0.2, 0.25) is 0 Å². The summed E-state index contributed by atoms with van der Waals surface area (Å²) in [6.07, 6.45) is 2.10. The van der Waals surface area contributed by atoms with Crippen LogP contribution in [0, 0.1) is 18.6 Å². The largest absolute Gasteiger partial charge is 0.393 e. The number of hydrogen-bond donors (Lipinski definition) is 1. The van der Waals surface area contributed by atoms with E-state index in [1.807, 2.05) is 0 Å². The number of nitrogens with zero attached hydrogens (tertiary/aromatic N) is 3. The van der Waals surface area contributed by atoms with Gasteiger partial charge in [-0.3, -0.25) is 4.79 Å². The van der Waals surface area contributed by atoms with Gasteiger partial charge in [0.2, 0.25) is 0 Å². The first-order valence-electron chi connectivity index (χ1n) is 7.45. The summed E-state index contributed by atoms with van der Waals surface area (Å²) in [6.45, 7) is 2.56. The molecule has 0 radical (unpaired) electrons. The molecular formula is C16H17F2N3O2. The number of piperidine rings is 1. The van der Waals surface area contributed by atoms with Crippen molar-refractivity contribution in [3.8, 4) is 5.69 Å². The van der Waals surface area contributed by atoms with Crippen molar-refractivity contribution in [2.75, 3.05) is 13.1 Å².